The predicted molar refractivity (Wildman–Crippen MR) is 178 cm³/mol. The second kappa shape index (κ2) is 14.5. The van der Waals surface area contributed by atoms with E-state index in [1.54, 1.807) is 0 Å². The molecule has 7 atom stereocenters. The number of hydrogen-bond acceptors (Lipinski definition) is 7. The van der Waals surface area contributed by atoms with Crippen molar-refractivity contribution >= 4 is 35.6 Å². The Kier molecular flexibility index (Phi) is 11.1. The number of primary amides is 1. The molecule has 6 N–H and O–H groups in total. The first-order valence-electron chi connectivity index (χ1n) is 16.8. The molecule has 1 heterocycles. The number of benzene rings is 1. The number of alkyl carbamates (subject to hydrolysis) is 1. The first kappa shape index (κ1) is 36.7. The van der Waals surface area contributed by atoms with Crippen LogP contribution in [0.25, 0.3) is 0 Å². The lowest BCUT2D eigenvalue weighted by atomic mass is 9.85. The highest BCUT2D eigenvalue weighted by Crippen LogP contribution is 2.55. The van der Waals surface area contributed by atoms with Gasteiger partial charge in [-0.25, -0.2) is 9.59 Å². The number of urea groups is 1. The molecule has 2 saturated carbocycles. The van der Waals surface area contributed by atoms with E-state index in [1.807, 2.05) is 78.8 Å². The molecule has 1 aliphatic heterocycles. The molecule has 3 unspecified atom stereocenters. The fourth-order valence-corrected chi connectivity index (χ4v) is 6.46. The van der Waals surface area contributed by atoms with Crippen LogP contribution in [0.15, 0.2) is 30.3 Å². The van der Waals surface area contributed by atoms with Crippen molar-refractivity contribution < 1.29 is 33.5 Å². The van der Waals surface area contributed by atoms with Gasteiger partial charge in [-0.1, -0.05) is 91.6 Å². The van der Waals surface area contributed by atoms with Crippen LogP contribution in [-0.4, -0.2) is 77.8 Å². The van der Waals surface area contributed by atoms with E-state index in [0.717, 1.165) is 18.4 Å². The number of amides is 6. The SMILES string of the molecule is CC1[C@@H]2C(C(=O)NC(CC3CC3)C(=O)C(N)=O)N(C(=O)[C@@H](NC(=O)N[C@H](COC(=O)NCc3ccccc3)C(C)(C)C)C(C)(C)C)C[C@H]12. The van der Waals surface area contributed by atoms with E-state index in [4.69, 9.17) is 10.5 Å². The van der Waals surface area contributed by atoms with Crippen molar-refractivity contribution in [2.24, 2.45) is 40.2 Å². The van der Waals surface area contributed by atoms with Gasteiger partial charge < -0.3 is 36.6 Å². The zero-order valence-electron chi connectivity index (χ0n) is 29.1. The minimum absolute atomic E-state index is 0.0934. The maximum atomic E-state index is 14.2. The van der Waals surface area contributed by atoms with Gasteiger partial charge in [-0.05, 0) is 46.5 Å². The molecule has 264 valence electrons. The summed E-state index contributed by atoms with van der Waals surface area (Å²) in [6.07, 6.45) is 1.54. The molecule has 13 heteroatoms. The van der Waals surface area contributed by atoms with Gasteiger partial charge in [0.05, 0.1) is 12.1 Å². The van der Waals surface area contributed by atoms with Crippen molar-refractivity contribution in [1.29, 1.82) is 0 Å². The first-order valence-corrected chi connectivity index (χ1v) is 16.8. The summed E-state index contributed by atoms with van der Waals surface area (Å²) in [5.41, 5.74) is 4.95. The van der Waals surface area contributed by atoms with Crippen molar-refractivity contribution in [3.8, 4) is 0 Å². The Morgan fingerprint density at radius 1 is 0.938 bits per heavy atom. The van der Waals surface area contributed by atoms with Gasteiger partial charge in [0.2, 0.25) is 17.6 Å². The second-order valence-corrected chi connectivity index (χ2v) is 15.8. The van der Waals surface area contributed by atoms with Crippen molar-refractivity contribution in [1.82, 2.24) is 26.2 Å². The number of hydrogen-bond donors (Lipinski definition) is 5. The predicted octanol–water partition coefficient (Wildman–Crippen LogP) is 2.47. The normalized spacial score (nSPS) is 23.5. The summed E-state index contributed by atoms with van der Waals surface area (Å²) in [6, 6.07) is 5.29. The minimum Gasteiger partial charge on any atom is -0.447 e. The number of carbonyl (C=O) groups is 6. The van der Waals surface area contributed by atoms with Crippen LogP contribution in [0, 0.1) is 34.5 Å². The zero-order valence-corrected chi connectivity index (χ0v) is 29.1. The van der Waals surface area contributed by atoms with Gasteiger partial charge in [-0.3, -0.25) is 19.2 Å². The molecule has 0 spiro atoms. The molecule has 1 aromatic rings. The molecule has 0 aromatic heterocycles. The Labute approximate surface area is 282 Å². The van der Waals surface area contributed by atoms with Crippen LogP contribution in [0.2, 0.25) is 0 Å². The molecule has 0 bridgehead atoms. The molecule has 6 amide bonds. The third-order valence-corrected chi connectivity index (χ3v) is 9.84. The fourth-order valence-electron chi connectivity index (χ4n) is 6.46. The summed E-state index contributed by atoms with van der Waals surface area (Å²) in [5, 5.41) is 11.2. The number of Topliss-reactive ketones (excluding diaryl/α,β-unsaturated/α-hetero) is 1. The van der Waals surface area contributed by atoms with Crippen LogP contribution in [0.1, 0.15) is 73.3 Å². The van der Waals surface area contributed by atoms with E-state index >= 15 is 0 Å². The summed E-state index contributed by atoms with van der Waals surface area (Å²) >= 11 is 0. The zero-order chi connectivity index (χ0) is 35.6. The number of nitrogens with one attached hydrogen (secondary N) is 4. The van der Waals surface area contributed by atoms with Crippen LogP contribution in [0.3, 0.4) is 0 Å². The van der Waals surface area contributed by atoms with Crippen molar-refractivity contribution in [2.75, 3.05) is 13.2 Å². The number of fused-ring (bicyclic) bond motifs is 1. The highest BCUT2D eigenvalue weighted by molar-refractivity contribution is 6.37. The summed E-state index contributed by atoms with van der Waals surface area (Å²) in [4.78, 5) is 79.6. The largest absolute Gasteiger partial charge is 0.447 e. The maximum absolute atomic E-state index is 14.2. The van der Waals surface area contributed by atoms with E-state index in [-0.39, 0.29) is 30.3 Å². The second-order valence-electron chi connectivity index (χ2n) is 15.8. The standard InChI is InChI=1S/C35H52N6O7/c1-19-22-17-41(26(25(19)22)30(44)38-23(15-20-13-14-20)27(42)29(36)43)31(45)28(35(5,6)7)40-32(46)39-24(34(2,3)4)18-48-33(47)37-16-21-11-9-8-10-12-21/h8-12,19-20,22-26,28H,13-18H2,1-7H3,(H2,36,43)(H,37,47)(H,38,44)(H2,39,40,46)/t19?,22-,23?,24-,25+,26?,28-/m1/s1. The molecular weight excluding hydrogens is 616 g/mol. The number of nitrogens with zero attached hydrogens (tertiary/aromatic N) is 1. The quantitative estimate of drug-likeness (QED) is 0.200. The van der Waals surface area contributed by atoms with Gasteiger partial charge in [0.15, 0.2) is 0 Å². The van der Waals surface area contributed by atoms with Gasteiger partial charge in [0, 0.05) is 13.1 Å². The fraction of sp³-hybridized carbons (Fsp3) is 0.657. The first-order chi connectivity index (χ1) is 22.4. The van der Waals surface area contributed by atoms with Crippen molar-refractivity contribution in [3.05, 3.63) is 35.9 Å². The third-order valence-electron chi connectivity index (χ3n) is 9.84. The summed E-state index contributed by atoms with van der Waals surface area (Å²) in [5.74, 6) is -2.38. The highest BCUT2D eigenvalue weighted by atomic mass is 16.5. The Bertz CT molecular complexity index is 1380. The van der Waals surface area contributed by atoms with Crippen LogP contribution in [0.5, 0.6) is 0 Å². The number of ketones is 1. The van der Waals surface area contributed by atoms with Crippen molar-refractivity contribution in [2.45, 2.75) is 98.4 Å². The number of ether oxygens (including phenoxy) is 1. The smallest absolute Gasteiger partial charge is 0.407 e. The van der Waals surface area contributed by atoms with Crippen LogP contribution in [0.4, 0.5) is 9.59 Å². The summed E-state index contributed by atoms with van der Waals surface area (Å²) < 4.78 is 5.45. The molecule has 3 fully saturated rings. The Hall–Kier alpha value is -4.16. The maximum Gasteiger partial charge on any atom is 0.407 e. The summed E-state index contributed by atoms with van der Waals surface area (Å²) in [7, 11) is 0. The molecular formula is C35H52N6O7. The van der Waals surface area contributed by atoms with Gasteiger partial charge in [0.1, 0.15) is 18.7 Å². The number of nitrogens with two attached hydrogens (primary N) is 1. The summed E-state index contributed by atoms with van der Waals surface area (Å²) in [6.45, 7) is 13.7. The van der Waals surface area contributed by atoms with E-state index < -0.39 is 70.6 Å². The van der Waals surface area contributed by atoms with E-state index in [9.17, 15) is 28.8 Å². The van der Waals surface area contributed by atoms with Gasteiger partial charge in [0.25, 0.3) is 5.91 Å². The number of likely N-dealkylation sites (tertiary alicyclic amines) is 1. The topological polar surface area (TPSA) is 189 Å². The third kappa shape index (κ3) is 9.25. The molecule has 4 rings (SSSR count). The number of carbonyl (C=O) groups excluding carboxylic acids is 6. The Morgan fingerprint density at radius 3 is 2.15 bits per heavy atom. The van der Waals surface area contributed by atoms with Crippen LogP contribution in [-0.2, 0) is 30.5 Å². The average molecular weight is 669 g/mol. The molecule has 13 nitrogen and oxygen atoms in total. The molecule has 48 heavy (non-hydrogen) atoms. The van der Waals surface area contributed by atoms with Gasteiger partial charge in [-0.2, -0.15) is 0 Å². The lowest BCUT2D eigenvalue weighted by Gasteiger charge is -2.38. The van der Waals surface area contributed by atoms with E-state index in [0.29, 0.717) is 19.5 Å². The lowest BCUT2D eigenvalue weighted by molar-refractivity contribution is -0.144. The van der Waals surface area contributed by atoms with Gasteiger partial charge >= 0.3 is 12.1 Å². The molecule has 1 saturated heterocycles. The number of piperidine rings is 1. The Balaban J connectivity index is 1.41. The van der Waals surface area contributed by atoms with E-state index in [2.05, 4.69) is 21.3 Å². The molecule has 1 aromatic carbocycles. The van der Waals surface area contributed by atoms with Crippen molar-refractivity contribution in [3.63, 3.8) is 0 Å². The highest BCUT2D eigenvalue weighted by Gasteiger charge is 2.63. The molecule has 3 aliphatic rings. The molecule has 0 radical (unpaired) electrons. The minimum atomic E-state index is -1.10. The van der Waals surface area contributed by atoms with Crippen LogP contribution < -0.4 is 27.0 Å². The molecule has 2 aliphatic carbocycles. The van der Waals surface area contributed by atoms with Gasteiger partial charge in [-0.15, -0.1) is 0 Å². The average Bonchev–Trinajstić information content (AvgIpc) is 3.90. The number of rotatable bonds is 13. The van der Waals surface area contributed by atoms with E-state index in [1.165, 1.54) is 4.90 Å². The monoisotopic (exact) mass is 668 g/mol. The van der Waals surface area contributed by atoms with Crippen LogP contribution >= 0.6 is 0 Å². The lowest BCUT2D eigenvalue weighted by Crippen LogP contribution is -2.62. The Morgan fingerprint density at radius 2 is 1.58 bits per heavy atom.